The van der Waals surface area contributed by atoms with Crippen LogP contribution < -0.4 is 11.5 Å². The average Bonchev–Trinajstić information content (AvgIpc) is 2.10. The Labute approximate surface area is 76.0 Å². The summed E-state index contributed by atoms with van der Waals surface area (Å²) in [5, 5.41) is 0. The molecule has 0 aliphatic heterocycles. The highest BCUT2D eigenvalue weighted by Gasteiger charge is 1.84. The Bertz CT molecular complexity index is 100. The van der Waals surface area contributed by atoms with Gasteiger partial charge in [0.1, 0.15) is 0 Å². The van der Waals surface area contributed by atoms with E-state index in [1.54, 1.807) is 0 Å². The third-order valence-electron chi connectivity index (χ3n) is 1.82. The molecule has 0 aromatic carbocycles. The summed E-state index contributed by atoms with van der Waals surface area (Å²) in [4.78, 5) is 0. The maximum Gasteiger partial charge on any atom is -0.00743 e. The first-order chi connectivity index (χ1) is 5.91. The molecule has 0 saturated heterocycles. The summed E-state index contributed by atoms with van der Waals surface area (Å²) in [6.07, 6.45) is 11.6. The molecule has 0 radical (unpaired) electrons. The van der Waals surface area contributed by atoms with Gasteiger partial charge < -0.3 is 11.5 Å². The second-order valence-corrected chi connectivity index (χ2v) is 3.04. The van der Waals surface area contributed by atoms with Crippen molar-refractivity contribution in [2.45, 2.75) is 38.5 Å². The lowest BCUT2D eigenvalue weighted by Crippen LogP contribution is -1.97. The maximum atomic E-state index is 5.38. The molecule has 0 bridgehead atoms. The van der Waals surface area contributed by atoms with E-state index >= 15 is 0 Å². The number of hydrogen-bond acceptors (Lipinski definition) is 2. The maximum absolute atomic E-state index is 5.38. The summed E-state index contributed by atoms with van der Waals surface area (Å²) in [6, 6.07) is 0. The fourth-order valence-corrected chi connectivity index (χ4v) is 1.05. The summed E-state index contributed by atoms with van der Waals surface area (Å²) in [6.45, 7) is 1.63. The summed E-state index contributed by atoms with van der Waals surface area (Å²) in [5.74, 6) is 0. The third-order valence-corrected chi connectivity index (χ3v) is 1.82. The molecular weight excluding hydrogens is 148 g/mol. The van der Waals surface area contributed by atoms with Crippen LogP contribution in [0.3, 0.4) is 0 Å². The van der Waals surface area contributed by atoms with Crippen molar-refractivity contribution < 1.29 is 0 Å². The molecule has 0 aromatic rings. The zero-order valence-electron chi connectivity index (χ0n) is 7.97. The zero-order chi connectivity index (χ0) is 9.07. The topological polar surface area (TPSA) is 52.0 Å². The summed E-state index contributed by atoms with van der Waals surface area (Å²) < 4.78 is 0. The van der Waals surface area contributed by atoms with Gasteiger partial charge in [-0.3, -0.25) is 0 Å². The normalized spacial score (nSPS) is 11.2. The Balaban J connectivity index is 2.92. The zero-order valence-corrected chi connectivity index (χ0v) is 7.97. The molecule has 0 spiro atoms. The standard InChI is InChI=1S/C10H22N2/c11-9-7-5-3-1-2-4-6-8-10-12/h1,3H,2,4-12H2/b3-1+. The molecular formula is C10H22N2. The summed E-state index contributed by atoms with van der Waals surface area (Å²) >= 11 is 0. The van der Waals surface area contributed by atoms with E-state index in [9.17, 15) is 0 Å². The van der Waals surface area contributed by atoms with Crippen molar-refractivity contribution in [2.75, 3.05) is 13.1 Å². The van der Waals surface area contributed by atoms with Crippen molar-refractivity contribution in [1.82, 2.24) is 0 Å². The minimum Gasteiger partial charge on any atom is -0.330 e. The highest BCUT2D eigenvalue weighted by atomic mass is 14.5. The average molecular weight is 170 g/mol. The Morgan fingerprint density at radius 3 is 1.83 bits per heavy atom. The SMILES string of the molecule is NCCC/C=C/CCCCCN. The molecule has 0 aliphatic carbocycles. The molecule has 0 fully saturated rings. The molecule has 0 heterocycles. The first kappa shape index (κ1) is 11.7. The molecule has 2 heteroatoms. The smallest absolute Gasteiger partial charge is 0.00743 e. The highest BCUT2D eigenvalue weighted by Crippen LogP contribution is 2.00. The second-order valence-electron chi connectivity index (χ2n) is 3.04. The van der Waals surface area contributed by atoms with Gasteiger partial charge in [-0.2, -0.15) is 0 Å². The van der Waals surface area contributed by atoms with E-state index in [0.29, 0.717) is 0 Å². The van der Waals surface area contributed by atoms with Crippen LogP contribution in [0.2, 0.25) is 0 Å². The minimum absolute atomic E-state index is 0.803. The number of rotatable bonds is 8. The Morgan fingerprint density at radius 1 is 0.667 bits per heavy atom. The van der Waals surface area contributed by atoms with Crippen molar-refractivity contribution in [3.8, 4) is 0 Å². The lowest BCUT2D eigenvalue weighted by molar-refractivity contribution is 0.694. The predicted molar refractivity (Wildman–Crippen MR) is 55.0 cm³/mol. The Kier molecular flexibility index (Phi) is 10.4. The fraction of sp³-hybridized carbons (Fsp3) is 0.800. The van der Waals surface area contributed by atoms with E-state index in [1.165, 1.54) is 19.3 Å². The van der Waals surface area contributed by atoms with Crippen molar-refractivity contribution in [2.24, 2.45) is 11.5 Å². The fourth-order valence-electron chi connectivity index (χ4n) is 1.05. The van der Waals surface area contributed by atoms with Gasteiger partial charge in [-0.1, -0.05) is 18.6 Å². The lowest BCUT2D eigenvalue weighted by Gasteiger charge is -1.94. The van der Waals surface area contributed by atoms with Crippen LogP contribution in [0.4, 0.5) is 0 Å². The quantitative estimate of drug-likeness (QED) is 0.431. The van der Waals surface area contributed by atoms with Gasteiger partial charge in [0, 0.05) is 0 Å². The summed E-state index contributed by atoms with van der Waals surface area (Å²) in [5.41, 5.74) is 10.7. The van der Waals surface area contributed by atoms with Gasteiger partial charge in [-0.25, -0.2) is 0 Å². The van der Waals surface area contributed by atoms with Gasteiger partial charge in [0.2, 0.25) is 0 Å². The molecule has 0 aromatic heterocycles. The first-order valence-corrected chi connectivity index (χ1v) is 4.97. The van der Waals surface area contributed by atoms with Gasteiger partial charge in [0.05, 0.1) is 0 Å². The number of hydrogen-bond donors (Lipinski definition) is 2. The second kappa shape index (κ2) is 10.7. The van der Waals surface area contributed by atoms with E-state index in [0.717, 1.165) is 32.4 Å². The predicted octanol–water partition coefficient (Wildman–Crippen LogP) is 1.80. The number of unbranched alkanes of at least 4 members (excludes halogenated alkanes) is 4. The molecule has 12 heavy (non-hydrogen) atoms. The molecule has 0 atom stereocenters. The lowest BCUT2D eigenvalue weighted by atomic mass is 10.2. The monoisotopic (exact) mass is 170 g/mol. The van der Waals surface area contributed by atoms with Crippen LogP contribution in [0.25, 0.3) is 0 Å². The molecule has 0 rings (SSSR count). The van der Waals surface area contributed by atoms with Gasteiger partial charge >= 0.3 is 0 Å². The van der Waals surface area contributed by atoms with Crippen LogP contribution in [-0.2, 0) is 0 Å². The van der Waals surface area contributed by atoms with Crippen LogP contribution >= 0.6 is 0 Å². The first-order valence-electron chi connectivity index (χ1n) is 4.97. The van der Waals surface area contributed by atoms with Gasteiger partial charge in [-0.15, -0.1) is 0 Å². The Hall–Kier alpha value is -0.340. The van der Waals surface area contributed by atoms with Crippen molar-refractivity contribution in [3.63, 3.8) is 0 Å². The van der Waals surface area contributed by atoms with E-state index in [1.807, 2.05) is 0 Å². The molecule has 4 N–H and O–H groups in total. The third kappa shape index (κ3) is 9.66. The van der Waals surface area contributed by atoms with E-state index in [4.69, 9.17) is 11.5 Å². The molecule has 0 amide bonds. The van der Waals surface area contributed by atoms with Gasteiger partial charge in [0.25, 0.3) is 0 Å². The van der Waals surface area contributed by atoms with Gasteiger partial charge in [0.15, 0.2) is 0 Å². The summed E-state index contributed by atoms with van der Waals surface area (Å²) in [7, 11) is 0. The molecule has 2 nitrogen and oxygen atoms in total. The molecule has 0 aliphatic rings. The van der Waals surface area contributed by atoms with Crippen LogP contribution in [0.5, 0.6) is 0 Å². The van der Waals surface area contributed by atoms with Crippen molar-refractivity contribution in [3.05, 3.63) is 12.2 Å². The molecule has 0 saturated carbocycles. The van der Waals surface area contributed by atoms with Crippen molar-refractivity contribution in [1.29, 1.82) is 0 Å². The van der Waals surface area contributed by atoms with E-state index in [2.05, 4.69) is 12.2 Å². The molecule has 0 unspecified atom stereocenters. The minimum atomic E-state index is 0.803. The number of allylic oxidation sites excluding steroid dienone is 2. The van der Waals surface area contributed by atoms with Gasteiger partial charge in [-0.05, 0) is 45.2 Å². The molecule has 72 valence electrons. The van der Waals surface area contributed by atoms with Crippen LogP contribution in [0, 0.1) is 0 Å². The Morgan fingerprint density at radius 2 is 1.25 bits per heavy atom. The highest BCUT2D eigenvalue weighted by molar-refractivity contribution is 4.81. The van der Waals surface area contributed by atoms with Crippen LogP contribution in [0.15, 0.2) is 12.2 Å². The van der Waals surface area contributed by atoms with E-state index in [-0.39, 0.29) is 0 Å². The van der Waals surface area contributed by atoms with Crippen molar-refractivity contribution >= 4 is 0 Å². The number of nitrogens with two attached hydrogens (primary N) is 2. The van der Waals surface area contributed by atoms with E-state index < -0.39 is 0 Å². The van der Waals surface area contributed by atoms with Crippen LogP contribution in [-0.4, -0.2) is 13.1 Å². The van der Waals surface area contributed by atoms with Crippen LogP contribution in [0.1, 0.15) is 38.5 Å². The largest absolute Gasteiger partial charge is 0.330 e.